The minimum atomic E-state index is -1.17. The summed E-state index contributed by atoms with van der Waals surface area (Å²) >= 11 is 0. The summed E-state index contributed by atoms with van der Waals surface area (Å²) in [5.41, 5.74) is 0. The Hall–Kier alpha value is -1.36. The van der Waals surface area contributed by atoms with E-state index in [-0.39, 0.29) is 0 Å². The van der Waals surface area contributed by atoms with E-state index in [4.69, 9.17) is 9.94 Å². The Balaban J connectivity index is 3.92. The molecule has 0 rings (SSSR count). The Morgan fingerprint density at radius 3 is 2.23 bits per heavy atom. The molecule has 0 aliphatic rings. The van der Waals surface area contributed by atoms with Crippen LogP contribution in [0.25, 0.3) is 0 Å². The van der Waals surface area contributed by atoms with Gasteiger partial charge in [0, 0.05) is 25.2 Å². The molecule has 5 heteroatoms. The lowest BCUT2D eigenvalue weighted by molar-refractivity contribution is -0.182. The van der Waals surface area contributed by atoms with Crippen molar-refractivity contribution in [3.63, 3.8) is 0 Å². The molecule has 0 aromatic carbocycles. The highest BCUT2D eigenvalue weighted by atomic mass is 16.7. The van der Waals surface area contributed by atoms with Gasteiger partial charge in [-0.05, 0) is 13.8 Å². The van der Waals surface area contributed by atoms with Crippen LogP contribution in [-0.4, -0.2) is 35.2 Å². The van der Waals surface area contributed by atoms with E-state index in [0.29, 0.717) is 13.1 Å². The van der Waals surface area contributed by atoms with Crippen LogP contribution in [0, 0.1) is 0 Å². The predicted octanol–water partition coefficient (Wildman–Crippen LogP) is 0.427. The van der Waals surface area contributed by atoms with Crippen LogP contribution >= 0.6 is 0 Å². The molecular formula is C8H13NO4. The number of aliphatic carboxylic acids is 1. The second-order valence-electron chi connectivity index (χ2n) is 2.20. The fourth-order valence-corrected chi connectivity index (χ4v) is 0.650. The van der Waals surface area contributed by atoms with Gasteiger partial charge in [0.25, 0.3) is 0 Å². The highest BCUT2D eigenvalue weighted by Crippen LogP contribution is 1.91. The number of carboxylic acids is 1. The molecule has 0 aromatic heterocycles. The number of carbonyl (C=O) groups excluding carboxylic acids is 1. The van der Waals surface area contributed by atoms with Crippen molar-refractivity contribution in [3.05, 3.63) is 12.2 Å². The van der Waals surface area contributed by atoms with E-state index in [1.54, 1.807) is 0 Å². The van der Waals surface area contributed by atoms with Gasteiger partial charge in [0.1, 0.15) is 0 Å². The standard InChI is InChI=1S/C8H13NO4/c1-3-9(4-2)13-8(12)6-5-7(10)11/h5-6H,3-4H2,1-2H3,(H,10,11)/b6-5-. The third-order valence-electron chi connectivity index (χ3n) is 1.29. The molecule has 1 N–H and O–H groups in total. The fraction of sp³-hybridized carbons (Fsp3) is 0.500. The summed E-state index contributed by atoms with van der Waals surface area (Å²) in [7, 11) is 0. The molecule has 0 atom stereocenters. The zero-order valence-electron chi connectivity index (χ0n) is 7.69. The Bertz CT molecular complexity index is 208. The van der Waals surface area contributed by atoms with Gasteiger partial charge in [-0.15, -0.1) is 5.06 Å². The highest BCUT2D eigenvalue weighted by molar-refractivity contribution is 5.90. The molecule has 0 amide bonds. The Morgan fingerprint density at radius 2 is 1.85 bits per heavy atom. The lowest BCUT2D eigenvalue weighted by Gasteiger charge is -2.15. The van der Waals surface area contributed by atoms with Gasteiger partial charge in [0.05, 0.1) is 0 Å². The summed E-state index contributed by atoms with van der Waals surface area (Å²) in [6.45, 7) is 4.81. The van der Waals surface area contributed by atoms with Crippen molar-refractivity contribution in [2.24, 2.45) is 0 Å². The molecule has 5 nitrogen and oxygen atoms in total. The largest absolute Gasteiger partial charge is 0.478 e. The molecule has 0 fully saturated rings. The van der Waals surface area contributed by atoms with Gasteiger partial charge in [0.15, 0.2) is 0 Å². The van der Waals surface area contributed by atoms with Crippen molar-refractivity contribution in [2.45, 2.75) is 13.8 Å². The van der Waals surface area contributed by atoms with Crippen LogP contribution in [0.2, 0.25) is 0 Å². The first-order valence-corrected chi connectivity index (χ1v) is 3.98. The van der Waals surface area contributed by atoms with Gasteiger partial charge >= 0.3 is 11.9 Å². The molecule has 0 aromatic rings. The Kier molecular flexibility index (Phi) is 5.54. The fourth-order valence-electron chi connectivity index (χ4n) is 0.650. The van der Waals surface area contributed by atoms with Crippen LogP contribution in [0.4, 0.5) is 0 Å². The van der Waals surface area contributed by atoms with Crippen molar-refractivity contribution in [2.75, 3.05) is 13.1 Å². The van der Waals surface area contributed by atoms with Gasteiger partial charge in [-0.2, -0.15) is 0 Å². The van der Waals surface area contributed by atoms with Gasteiger partial charge in [-0.3, -0.25) is 0 Å². The maximum Gasteiger partial charge on any atom is 0.349 e. The third-order valence-corrected chi connectivity index (χ3v) is 1.29. The number of rotatable bonds is 5. The summed E-state index contributed by atoms with van der Waals surface area (Å²) in [5, 5.41) is 9.63. The first-order chi connectivity index (χ1) is 6.10. The van der Waals surface area contributed by atoms with Crippen LogP contribution in [-0.2, 0) is 14.4 Å². The summed E-state index contributed by atoms with van der Waals surface area (Å²) in [4.78, 5) is 25.6. The molecule has 0 saturated carbocycles. The Labute approximate surface area is 76.5 Å². The molecule has 74 valence electrons. The first kappa shape index (κ1) is 11.6. The molecule has 0 aliphatic carbocycles. The van der Waals surface area contributed by atoms with Crippen molar-refractivity contribution < 1.29 is 19.5 Å². The summed E-state index contributed by atoms with van der Waals surface area (Å²) < 4.78 is 0. The number of hydrogen-bond acceptors (Lipinski definition) is 4. The van der Waals surface area contributed by atoms with Gasteiger partial charge in [-0.25, -0.2) is 9.59 Å². The molecule has 0 heterocycles. The molecule has 0 radical (unpaired) electrons. The van der Waals surface area contributed by atoms with Gasteiger partial charge in [-0.1, -0.05) is 0 Å². The van der Waals surface area contributed by atoms with E-state index in [9.17, 15) is 9.59 Å². The number of nitrogens with zero attached hydrogens (tertiary/aromatic N) is 1. The van der Waals surface area contributed by atoms with Crippen molar-refractivity contribution in [1.82, 2.24) is 5.06 Å². The quantitative estimate of drug-likeness (QED) is 0.499. The topological polar surface area (TPSA) is 66.8 Å². The average Bonchev–Trinajstić information content (AvgIpc) is 2.10. The highest BCUT2D eigenvalue weighted by Gasteiger charge is 2.04. The van der Waals surface area contributed by atoms with E-state index < -0.39 is 11.9 Å². The van der Waals surface area contributed by atoms with Gasteiger partial charge < -0.3 is 9.94 Å². The van der Waals surface area contributed by atoms with Crippen LogP contribution < -0.4 is 0 Å². The summed E-state index contributed by atoms with van der Waals surface area (Å²) in [5.74, 6) is -1.84. The van der Waals surface area contributed by atoms with Crippen molar-refractivity contribution in [1.29, 1.82) is 0 Å². The van der Waals surface area contributed by atoms with E-state index in [0.717, 1.165) is 12.2 Å². The van der Waals surface area contributed by atoms with Crippen LogP contribution in [0.1, 0.15) is 13.8 Å². The SMILES string of the molecule is CCN(CC)OC(=O)/C=C\C(=O)O. The summed E-state index contributed by atoms with van der Waals surface area (Å²) in [6, 6.07) is 0. The minimum absolute atomic E-state index is 0.573. The Morgan fingerprint density at radius 1 is 1.31 bits per heavy atom. The molecule has 0 bridgehead atoms. The second kappa shape index (κ2) is 6.19. The maximum absolute atomic E-state index is 10.9. The first-order valence-electron chi connectivity index (χ1n) is 3.98. The summed E-state index contributed by atoms with van der Waals surface area (Å²) in [6.07, 6.45) is 1.62. The average molecular weight is 187 g/mol. The van der Waals surface area contributed by atoms with E-state index in [1.807, 2.05) is 13.8 Å². The molecule has 13 heavy (non-hydrogen) atoms. The smallest absolute Gasteiger partial charge is 0.349 e. The zero-order chi connectivity index (χ0) is 10.3. The third kappa shape index (κ3) is 5.86. The van der Waals surface area contributed by atoms with Crippen LogP contribution in [0.15, 0.2) is 12.2 Å². The number of carboxylic acid groups (broad SMARTS) is 1. The lowest BCUT2D eigenvalue weighted by atomic mass is 10.5. The maximum atomic E-state index is 10.9. The molecule has 0 unspecified atom stereocenters. The monoisotopic (exact) mass is 187 g/mol. The van der Waals surface area contributed by atoms with Crippen LogP contribution in [0.3, 0.4) is 0 Å². The second-order valence-corrected chi connectivity index (χ2v) is 2.20. The molecular weight excluding hydrogens is 174 g/mol. The molecule has 0 saturated heterocycles. The number of carbonyl (C=O) groups is 2. The minimum Gasteiger partial charge on any atom is -0.478 e. The molecule has 0 spiro atoms. The van der Waals surface area contributed by atoms with Gasteiger partial charge in [0.2, 0.25) is 0 Å². The molecule has 0 aliphatic heterocycles. The number of hydrogen-bond donors (Lipinski definition) is 1. The van der Waals surface area contributed by atoms with Crippen molar-refractivity contribution in [3.8, 4) is 0 Å². The normalized spacial score (nSPS) is 10.7. The zero-order valence-corrected chi connectivity index (χ0v) is 7.69. The van der Waals surface area contributed by atoms with Crippen LogP contribution in [0.5, 0.6) is 0 Å². The lowest BCUT2D eigenvalue weighted by Crippen LogP contribution is -2.26. The van der Waals surface area contributed by atoms with E-state index in [2.05, 4.69) is 0 Å². The van der Waals surface area contributed by atoms with E-state index >= 15 is 0 Å². The van der Waals surface area contributed by atoms with E-state index in [1.165, 1.54) is 5.06 Å². The number of hydroxylamine groups is 2. The van der Waals surface area contributed by atoms with Crippen molar-refractivity contribution >= 4 is 11.9 Å². The predicted molar refractivity (Wildman–Crippen MR) is 45.8 cm³/mol.